The van der Waals surface area contributed by atoms with E-state index in [4.69, 9.17) is 0 Å². The van der Waals surface area contributed by atoms with Crippen LogP contribution in [0.25, 0.3) is 0 Å². The van der Waals surface area contributed by atoms with Crippen LogP contribution in [0.3, 0.4) is 0 Å². The van der Waals surface area contributed by atoms with E-state index in [0.717, 1.165) is 0 Å². The van der Waals surface area contributed by atoms with Gasteiger partial charge < -0.3 is 5.32 Å². The van der Waals surface area contributed by atoms with E-state index in [1.54, 1.807) is 11.8 Å². The topological polar surface area (TPSA) is 29.1 Å². The minimum absolute atomic E-state index is 0.0422. The summed E-state index contributed by atoms with van der Waals surface area (Å²) in [6, 6.07) is 10.3. The fourth-order valence-electron chi connectivity index (χ4n) is 1.64. The molecule has 0 aliphatic carbocycles. The highest BCUT2D eigenvalue weighted by molar-refractivity contribution is 8.00. The number of hydrogen-bond donors (Lipinski definition) is 1. The highest BCUT2D eigenvalue weighted by atomic mass is 32.2. The van der Waals surface area contributed by atoms with Gasteiger partial charge in [-0.05, 0) is 40.2 Å². The zero-order valence-electron chi connectivity index (χ0n) is 11.9. The number of hydrogen-bond acceptors (Lipinski definition) is 2. The quantitative estimate of drug-likeness (QED) is 0.897. The van der Waals surface area contributed by atoms with Gasteiger partial charge in [0.15, 0.2) is 0 Å². The number of nitrogens with one attached hydrogen (secondary N) is 1. The Hall–Kier alpha value is -0.960. The second kappa shape index (κ2) is 6.28. The van der Waals surface area contributed by atoms with Crippen LogP contribution in [0, 0.1) is 0 Å². The molecule has 1 amide bonds. The van der Waals surface area contributed by atoms with Crippen molar-refractivity contribution >= 4 is 17.7 Å². The van der Waals surface area contributed by atoms with E-state index in [1.165, 1.54) is 5.56 Å². The molecule has 100 valence electrons. The van der Waals surface area contributed by atoms with Crippen molar-refractivity contribution < 1.29 is 4.79 Å². The Morgan fingerprint density at radius 3 is 2.22 bits per heavy atom. The third-order valence-electron chi connectivity index (χ3n) is 2.54. The summed E-state index contributed by atoms with van der Waals surface area (Å²) in [5, 5.41) is 3.30. The number of amides is 1. The van der Waals surface area contributed by atoms with Crippen LogP contribution in [-0.4, -0.2) is 16.7 Å². The standard InChI is InChI=1S/C15H23NOS/c1-11(13-9-7-6-8-10-13)18-12(2)14(17)16-15(3,4)5/h6-12H,1-5H3,(H,16,17). The van der Waals surface area contributed by atoms with Crippen molar-refractivity contribution in [3.8, 4) is 0 Å². The maximum absolute atomic E-state index is 12.0. The summed E-state index contributed by atoms with van der Waals surface area (Å²) in [5.41, 5.74) is 1.10. The Bertz CT molecular complexity index is 383. The number of thioether (sulfide) groups is 1. The summed E-state index contributed by atoms with van der Waals surface area (Å²) in [6.07, 6.45) is 0. The van der Waals surface area contributed by atoms with E-state index in [2.05, 4.69) is 24.4 Å². The highest BCUT2D eigenvalue weighted by Crippen LogP contribution is 2.31. The van der Waals surface area contributed by atoms with Gasteiger partial charge in [0.05, 0.1) is 5.25 Å². The van der Waals surface area contributed by atoms with Gasteiger partial charge in [0.2, 0.25) is 5.91 Å². The van der Waals surface area contributed by atoms with E-state index in [0.29, 0.717) is 5.25 Å². The molecular weight excluding hydrogens is 242 g/mol. The molecule has 0 saturated carbocycles. The fourth-order valence-corrected chi connectivity index (χ4v) is 2.75. The summed E-state index contributed by atoms with van der Waals surface area (Å²) in [5.74, 6) is 0.107. The summed E-state index contributed by atoms with van der Waals surface area (Å²) in [7, 11) is 0. The van der Waals surface area contributed by atoms with Crippen LogP contribution in [0.15, 0.2) is 30.3 Å². The minimum Gasteiger partial charge on any atom is -0.351 e. The normalized spacial score (nSPS) is 14.9. The Labute approximate surface area is 115 Å². The highest BCUT2D eigenvalue weighted by Gasteiger charge is 2.21. The molecule has 0 aromatic heterocycles. The molecule has 0 heterocycles. The molecule has 1 N–H and O–H groups in total. The fraction of sp³-hybridized carbons (Fsp3) is 0.533. The van der Waals surface area contributed by atoms with Gasteiger partial charge in [0, 0.05) is 10.8 Å². The summed E-state index contributed by atoms with van der Waals surface area (Å²) >= 11 is 1.69. The number of carbonyl (C=O) groups excluding carboxylic acids is 1. The Kier molecular flexibility index (Phi) is 5.27. The van der Waals surface area contributed by atoms with Gasteiger partial charge in [-0.15, -0.1) is 11.8 Å². The summed E-state index contributed by atoms with van der Waals surface area (Å²) in [6.45, 7) is 10.1. The first kappa shape index (κ1) is 15.1. The number of benzene rings is 1. The van der Waals surface area contributed by atoms with E-state index < -0.39 is 0 Å². The molecule has 0 aliphatic heterocycles. The van der Waals surface area contributed by atoms with Crippen molar-refractivity contribution in [2.45, 2.75) is 50.7 Å². The van der Waals surface area contributed by atoms with E-state index in [-0.39, 0.29) is 16.7 Å². The second-order valence-corrected chi connectivity index (χ2v) is 7.26. The molecule has 0 aliphatic rings. The predicted molar refractivity (Wildman–Crippen MR) is 79.8 cm³/mol. The molecule has 1 aromatic carbocycles. The van der Waals surface area contributed by atoms with E-state index >= 15 is 0 Å². The van der Waals surface area contributed by atoms with Crippen LogP contribution < -0.4 is 5.32 Å². The zero-order valence-corrected chi connectivity index (χ0v) is 12.7. The van der Waals surface area contributed by atoms with Crippen molar-refractivity contribution in [1.82, 2.24) is 5.32 Å². The maximum atomic E-state index is 12.0. The average molecular weight is 265 g/mol. The second-order valence-electron chi connectivity index (χ2n) is 5.57. The molecule has 0 radical (unpaired) electrons. The number of rotatable bonds is 4. The molecule has 2 unspecified atom stereocenters. The molecule has 18 heavy (non-hydrogen) atoms. The van der Waals surface area contributed by atoms with Crippen molar-refractivity contribution in [3.63, 3.8) is 0 Å². The largest absolute Gasteiger partial charge is 0.351 e. The van der Waals surface area contributed by atoms with Crippen LogP contribution >= 0.6 is 11.8 Å². The Morgan fingerprint density at radius 1 is 1.17 bits per heavy atom. The van der Waals surface area contributed by atoms with Crippen molar-refractivity contribution in [2.75, 3.05) is 0 Å². The Morgan fingerprint density at radius 2 is 1.72 bits per heavy atom. The van der Waals surface area contributed by atoms with Crippen molar-refractivity contribution in [2.24, 2.45) is 0 Å². The molecule has 2 atom stereocenters. The first-order valence-electron chi connectivity index (χ1n) is 6.32. The molecule has 0 fully saturated rings. The molecule has 3 heteroatoms. The molecule has 1 rings (SSSR count). The van der Waals surface area contributed by atoms with E-state index in [9.17, 15) is 4.79 Å². The Balaban J connectivity index is 2.55. The van der Waals surface area contributed by atoms with Crippen LogP contribution in [0.2, 0.25) is 0 Å². The average Bonchev–Trinajstić information content (AvgIpc) is 2.27. The minimum atomic E-state index is -0.165. The van der Waals surface area contributed by atoms with Gasteiger partial charge in [-0.25, -0.2) is 0 Å². The third kappa shape index (κ3) is 5.13. The molecule has 0 saturated heterocycles. The summed E-state index contributed by atoms with van der Waals surface area (Å²) < 4.78 is 0. The predicted octanol–water partition coefficient (Wildman–Crippen LogP) is 3.78. The zero-order chi connectivity index (χ0) is 13.8. The SMILES string of the molecule is CC(SC(C)c1ccccc1)C(=O)NC(C)(C)C. The molecule has 2 nitrogen and oxygen atoms in total. The molecule has 0 spiro atoms. The van der Waals surface area contributed by atoms with E-state index in [1.807, 2.05) is 45.9 Å². The lowest BCUT2D eigenvalue weighted by molar-refractivity contribution is -0.121. The first-order valence-corrected chi connectivity index (χ1v) is 7.26. The van der Waals surface area contributed by atoms with Gasteiger partial charge in [-0.3, -0.25) is 4.79 Å². The maximum Gasteiger partial charge on any atom is 0.233 e. The molecule has 1 aromatic rings. The summed E-state index contributed by atoms with van der Waals surface area (Å²) in [4.78, 5) is 12.0. The van der Waals surface area contributed by atoms with Gasteiger partial charge in [-0.2, -0.15) is 0 Å². The van der Waals surface area contributed by atoms with Crippen LogP contribution in [0.1, 0.15) is 45.4 Å². The van der Waals surface area contributed by atoms with Crippen LogP contribution in [0.5, 0.6) is 0 Å². The van der Waals surface area contributed by atoms with Crippen LogP contribution in [-0.2, 0) is 4.79 Å². The van der Waals surface area contributed by atoms with Crippen molar-refractivity contribution in [1.29, 1.82) is 0 Å². The lowest BCUT2D eigenvalue weighted by atomic mass is 10.1. The number of carbonyl (C=O) groups is 1. The van der Waals surface area contributed by atoms with Gasteiger partial charge in [0.1, 0.15) is 0 Å². The lowest BCUT2D eigenvalue weighted by Gasteiger charge is -2.24. The molecule has 0 bridgehead atoms. The van der Waals surface area contributed by atoms with Gasteiger partial charge in [-0.1, -0.05) is 30.3 Å². The lowest BCUT2D eigenvalue weighted by Crippen LogP contribution is -2.44. The third-order valence-corrected chi connectivity index (χ3v) is 3.85. The first-order chi connectivity index (χ1) is 8.29. The monoisotopic (exact) mass is 265 g/mol. The van der Waals surface area contributed by atoms with Gasteiger partial charge in [0.25, 0.3) is 0 Å². The van der Waals surface area contributed by atoms with Crippen LogP contribution in [0.4, 0.5) is 0 Å². The smallest absolute Gasteiger partial charge is 0.233 e. The molecular formula is C15H23NOS. The van der Waals surface area contributed by atoms with Crippen molar-refractivity contribution in [3.05, 3.63) is 35.9 Å². The van der Waals surface area contributed by atoms with Gasteiger partial charge >= 0.3 is 0 Å².